The Morgan fingerprint density at radius 1 is 1.15 bits per heavy atom. The Morgan fingerprint density at radius 2 is 1.85 bits per heavy atom. The summed E-state index contributed by atoms with van der Waals surface area (Å²) in [5.74, 6) is -1.11. The molecule has 0 aromatic carbocycles. The van der Waals surface area contributed by atoms with Crippen molar-refractivity contribution in [2.24, 2.45) is 11.7 Å². The molecule has 6 heteroatoms. The summed E-state index contributed by atoms with van der Waals surface area (Å²) in [5.41, 5.74) is 5.20. The van der Waals surface area contributed by atoms with Crippen LogP contribution in [0.4, 0.5) is 0 Å². The molecule has 2 rings (SSSR count). The smallest absolute Gasteiger partial charge is 0.306 e. The van der Waals surface area contributed by atoms with Crippen LogP contribution in [0.5, 0.6) is 0 Å². The average Bonchev–Trinajstić information content (AvgIpc) is 2.41. The third kappa shape index (κ3) is 4.45. The van der Waals surface area contributed by atoms with Crippen molar-refractivity contribution in [2.45, 2.75) is 50.6 Å². The number of aliphatic carboxylic acids is 1. The van der Waals surface area contributed by atoms with Crippen molar-refractivity contribution in [3.8, 4) is 0 Å². The second-order valence-corrected chi connectivity index (χ2v) is 6.08. The van der Waals surface area contributed by atoms with E-state index in [2.05, 4.69) is 10.2 Å². The Hall–Kier alpha value is -1.14. The van der Waals surface area contributed by atoms with E-state index in [1.165, 1.54) is 0 Å². The molecule has 1 aliphatic heterocycles. The van der Waals surface area contributed by atoms with E-state index in [1.807, 2.05) is 0 Å². The highest BCUT2D eigenvalue weighted by Gasteiger charge is 2.29. The lowest BCUT2D eigenvalue weighted by Crippen LogP contribution is -2.49. The Bertz CT molecular complexity index is 354. The van der Waals surface area contributed by atoms with Gasteiger partial charge in [-0.2, -0.15) is 0 Å². The van der Waals surface area contributed by atoms with Crippen molar-refractivity contribution < 1.29 is 14.7 Å². The van der Waals surface area contributed by atoms with Gasteiger partial charge in [-0.05, 0) is 32.1 Å². The summed E-state index contributed by atoms with van der Waals surface area (Å²) in [7, 11) is 0. The fourth-order valence-electron chi connectivity index (χ4n) is 3.38. The number of piperidine rings is 1. The molecule has 2 unspecified atom stereocenters. The highest BCUT2D eigenvalue weighted by atomic mass is 16.4. The molecule has 1 heterocycles. The normalized spacial score (nSPS) is 29.2. The number of likely N-dealkylation sites (tertiary alicyclic amines) is 1. The predicted octanol–water partition coefficient (Wildman–Crippen LogP) is 0.169. The van der Waals surface area contributed by atoms with Crippen LogP contribution in [0.25, 0.3) is 0 Å². The lowest BCUT2D eigenvalue weighted by atomic mass is 9.85. The van der Waals surface area contributed by atoms with Gasteiger partial charge in [0.1, 0.15) is 0 Å². The number of carbonyl (C=O) groups excluding carboxylic acids is 1. The fourth-order valence-corrected chi connectivity index (χ4v) is 3.38. The molecule has 0 bridgehead atoms. The van der Waals surface area contributed by atoms with Gasteiger partial charge in [0, 0.05) is 25.2 Å². The van der Waals surface area contributed by atoms with Crippen LogP contribution in [0.3, 0.4) is 0 Å². The summed E-state index contributed by atoms with van der Waals surface area (Å²) < 4.78 is 0. The molecule has 0 radical (unpaired) electrons. The molecule has 114 valence electrons. The molecule has 6 nitrogen and oxygen atoms in total. The Labute approximate surface area is 119 Å². The minimum Gasteiger partial charge on any atom is -0.481 e. The molecule has 0 spiro atoms. The Morgan fingerprint density at radius 3 is 2.45 bits per heavy atom. The molecule has 1 saturated carbocycles. The topological polar surface area (TPSA) is 95.7 Å². The molecule has 20 heavy (non-hydrogen) atoms. The summed E-state index contributed by atoms with van der Waals surface area (Å²) in [6.45, 7) is 2.11. The monoisotopic (exact) mass is 283 g/mol. The van der Waals surface area contributed by atoms with E-state index in [-0.39, 0.29) is 11.8 Å². The van der Waals surface area contributed by atoms with Gasteiger partial charge in [0.05, 0.1) is 12.5 Å². The van der Waals surface area contributed by atoms with Crippen molar-refractivity contribution in [1.82, 2.24) is 10.2 Å². The molecule has 1 aliphatic carbocycles. The molecule has 1 amide bonds. The second-order valence-electron chi connectivity index (χ2n) is 6.08. The number of carboxylic acids is 1. The van der Waals surface area contributed by atoms with Gasteiger partial charge < -0.3 is 16.2 Å². The summed E-state index contributed by atoms with van der Waals surface area (Å²) in [5, 5.41) is 12.7. The van der Waals surface area contributed by atoms with Crippen LogP contribution in [-0.2, 0) is 9.59 Å². The van der Waals surface area contributed by atoms with Crippen LogP contribution in [-0.4, -0.2) is 53.6 Å². The van der Waals surface area contributed by atoms with Crippen molar-refractivity contribution >= 4 is 11.9 Å². The van der Waals surface area contributed by atoms with E-state index in [0.29, 0.717) is 18.6 Å². The number of hydrogen-bond donors (Lipinski definition) is 3. The third-order valence-electron chi connectivity index (χ3n) is 4.46. The van der Waals surface area contributed by atoms with Gasteiger partial charge in [-0.25, -0.2) is 0 Å². The van der Waals surface area contributed by atoms with E-state index in [1.54, 1.807) is 0 Å². The summed E-state index contributed by atoms with van der Waals surface area (Å²) in [6, 6.07) is 0.772. The van der Waals surface area contributed by atoms with Gasteiger partial charge in [-0.3, -0.25) is 14.5 Å². The van der Waals surface area contributed by atoms with E-state index in [4.69, 9.17) is 10.8 Å². The van der Waals surface area contributed by atoms with Crippen LogP contribution in [0, 0.1) is 5.92 Å². The highest BCUT2D eigenvalue weighted by Crippen LogP contribution is 2.25. The van der Waals surface area contributed by atoms with Gasteiger partial charge >= 0.3 is 5.97 Å². The maximum Gasteiger partial charge on any atom is 0.306 e. The van der Waals surface area contributed by atoms with Crippen LogP contribution in [0.1, 0.15) is 38.5 Å². The van der Waals surface area contributed by atoms with E-state index < -0.39 is 5.97 Å². The second kappa shape index (κ2) is 7.04. The molecule has 2 aliphatic rings. The molecular weight excluding hydrogens is 258 g/mol. The molecule has 2 fully saturated rings. The van der Waals surface area contributed by atoms with E-state index in [0.717, 1.165) is 51.6 Å². The standard InChI is InChI=1S/C14H25N3O3/c15-13(18)9-17-6-4-11(5-7-17)16-12-3-1-2-10(8-12)14(19)20/h10-12,16H,1-9H2,(H2,15,18)(H,19,20). The van der Waals surface area contributed by atoms with Gasteiger partial charge in [-0.15, -0.1) is 0 Å². The molecule has 4 N–H and O–H groups in total. The zero-order valence-electron chi connectivity index (χ0n) is 11.9. The van der Waals surface area contributed by atoms with Gasteiger partial charge in [-0.1, -0.05) is 6.42 Å². The minimum absolute atomic E-state index is 0.184. The summed E-state index contributed by atoms with van der Waals surface area (Å²) >= 11 is 0. The Balaban J connectivity index is 1.72. The predicted molar refractivity (Wildman–Crippen MR) is 75.2 cm³/mol. The van der Waals surface area contributed by atoms with Crippen LogP contribution in [0.2, 0.25) is 0 Å². The van der Waals surface area contributed by atoms with E-state index in [9.17, 15) is 9.59 Å². The number of primary amides is 1. The number of carboxylic acid groups (broad SMARTS) is 1. The van der Waals surface area contributed by atoms with Crippen molar-refractivity contribution in [3.05, 3.63) is 0 Å². The highest BCUT2D eigenvalue weighted by molar-refractivity contribution is 5.75. The van der Waals surface area contributed by atoms with Gasteiger partial charge in [0.25, 0.3) is 0 Å². The molecule has 2 atom stereocenters. The number of nitrogens with two attached hydrogens (primary N) is 1. The number of rotatable bonds is 5. The zero-order valence-corrected chi connectivity index (χ0v) is 11.9. The first-order valence-corrected chi connectivity index (χ1v) is 7.54. The minimum atomic E-state index is -0.659. The first-order chi connectivity index (χ1) is 9.54. The number of amides is 1. The maximum absolute atomic E-state index is 11.1. The largest absolute Gasteiger partial charge is 0.481 e. The van der Waals surface area contributed by atoms with E-state index >= 15 is 0 Å². The van der Waals surface area contributed by atoms with Crippen molar-refractivity contribution in [3.63, 3.8) is 0 Å². The first-order valence-electron chi connectivity index (χ1n) is 7.54. The molecular formula is C14H25N3O3. The Kier molecular flexibility index (Phi) is 5.37. The first kappa shape index (κ1) is 15.3. The number of carbonyl (C=O) groups is 2. The lowest BCUT2D eigenvalue weighted by Gasteiger charge is -2.36. The third-order valence-corrected chi connectivity index (χ3v) is 4.46. The SMILES string of the molecule is NC(=O)CN1CCC(NC2CCCC(C(=O)O)C2)CC1. The van der Waals surface area contributed by atoms with Gasteiger partial charge in [0.15, 0.2) is 0 Å². The number of nitrogens with zero attached hydrogens (tertiary/aromatic N) is 1. The van der Waals surface area contributed by atoms with Crippen LogP contribution < -0.4 is 11.1 Å². The lowest BCUT2D eigenvalue weighted by molar-refractivity contribution is -0.143. The molecule has 1 saturated heterocycles. The average molecular weight is 283 g/mol. The quantitative estimate of drug-likeness (QED) is 0.668. The van der Waals surface area contributed by atoms with Crippen molar-refractivity contribution in [1.29, 1.82) is 0 Å². The summed E-state index contributed by atoms with van der Waals surface area (Å²) in [6.07, 6.45) is 5.63. The number of nitrogens with one attached hydrogen (secondary N) is 1. The zero-order chi connectivity index (χ0) is 14.5. The molecule has 0 aromatic heterocycles. The maximum atomic E-state index is 11.1. The molecule has 0 aromatic rings. The number of hydrogen-bond acceptors (Lipinski definition) is 4. The van der Waals surface area contributed by atoms with Crippen molar-refractivity contribution in [2.75, 3.05) is 19.6 Å². The van der Waals surface area contributed by atoms with Crippen LogP contribution >= 0.6 is 0 Å². The summed E-state index contributed by atoms with van der Waals surface area (Å²) in [4.78, 5) is 24.0. The fraction of sp³-hybridized carbons (Fsp3) is 0.857. The van der Waals surface area contributed by atoms with Crippen LogP contribution in [0.15, 0.2) is 0 Å². The van der Waals surface area contributed by atoms with Gasteiger partial charge in [0.2, 0.25) is 5.91 Å².